The second kappa shape index (κ2) is 5.37. The van der Waals surface area contributed by atoms with Crippen LogP contribution in [-0.2, 0) is 0 Å². The van der Waals surface area contributed by atoms with E-state index in [1.165, 1.54) is 28.4 Å². The van der Waals surface area contributed by atoms with E-state index in [0.29, 0.717) is 16.6 Å². The summed E-state index contributed by atoms with van der Waals surface area (Å²) in [6.07, 6.45) is 3.42. The highest BCUT2D eigenvalue weighted by molar-refractivity contribution is 7.98. The van der Waals surface area contributed by atoms with Gasteiger partial charge in [0, 0.05) is 12.1 Å². The second-order valence-electron chi connectivity index (χ2n) is 3.95. The molecule has 0 aliphatic heterocycles. The fourth-order valence-corrected chi connectivity index (χ4v) is 2.06. The van der Waals surface area contributed by atoms with Gasteiger partial charge in [0.1, 0.15) is 5.75 Å². The van der Waals surface area contributed by atoms with Crippen LogP contribution in [0.15, 0.2) is 41.7 Å². The minimum absolute atomic E-state index is 0.0524. The van der Waals surface area contributed by atoms with E-state index in [1.807, 2.05) is 6.26 Å². The monoisotopic (exact) mass is 303 g/mol. The molecule has 0 radical (unpaired) electrons. The van der Waals surface area contributed by atoms with E-state index in [9.17, 15) is 10.1 Å². The summed E-state index contributed by atoms with van der Waals surface area (Å²) < 4.78 is 7.04. The zero-order valence-electron chi connectivity index (χ0n) is 10.8. The fraction of sp³-hybridized carbons (Fsp3) is 0.0833. The normalized spacial score (nSPS) is 10.7. The fourth-order valence-electron chi connectivity index (χ4n) is 1.70. The van der Waals surface area contributed by atoms with Crippen LogP contribution >= 0.6 is 11.8 Å². The molecule has 0 spiro atoms. The summed E-state index contributed by atoms with van der Waals surface area (Å²) >= 11 is 1.37. The van der Waals surface area contributed by atoms with Crippen LogP contribution in [0.2, 0.25) is 0 Å². The molecule has 0 atom stereocenters. The van der Waals surface area contributed by atoms with E-state index >= 15 is 0 Å². The van der Waals surface area contributed by atoms with Crippen LogP contribution in [0.4, 0.5) is 5.69 Å². The maximum atomic E-state index is 10.8. The van der Waals surface area contributed by atoms with E-state index in [2.05, 4.69) is 15.1 Å². The van der Waals surface area contributed by atoms with Crippen molar-refractivity contribution in [3.63, 3.8) is 0 Å². The number of thioether (sulfide) groups is 1. The van der Waals surface area contributed by atoms with Crippen LogP contribution in [0.5, 0.6) is 11.8 Å². The average Bonchev–Trinajstić information content (AvgIpc) is 2.96. The molecule has 0 unspecified atom stereocenters. The number of benzene rings is 1. The van der Waals surface area contributed by atoms with Gasteiger partial charge in [0.25, 0.3) is 5.69 Å². The Labute approximate surface area is 122 Å². The first-order chi connectivity index (χ1) is 10.2. The molecule has 3 rings (SSSR count). The van der Waals surface area contributed by atoms with Crippen LogP contribution < -0.4 is 4.74 Å². The van der Waals surface area contributed by atoms with E-state index in [1.54, 1.807) is 24.4 Å². The minimum Gasteiger partial charge on any atom is -0.424 e. The largest absolute Gasteiger partial charge is 0.424 e. The lowest BCUT2D eigenvalue weighted by Gasteiger charge is -2.07. The van der Waals surface area contributed by atoms with Gasteiger partial charge in [-0.2, -0.15) is 14.6 Å². The summed E-state index contributed by atoms with van der Waals surface area (Å²) in [4.78, 5) is 18.8. The van der Waals surface area contributed by atoms with Gasteiger partial charge in [0.15, 0.2) is 10.8 Å². The van der Waals surface area contributed by atoms with Gasteiger partial charge >= 0.3 is 6.01 Å². The van der Waals surface area contributed by atoms with Gasteiger partial charge in [-0.15, -0.1) is 0 Å². The third-order valence-corrected chi connectivity index (χ3v) is 3.17. The van der Waals surface area contributed by atoms with Crippen LogP contribution in [-0.4, -0.2) is 30.8 Å². The number of ether oxygens (including phenoxy) is 1. The smallest absolute Gasteiger partial charge is 0.327 e. The minimum atomic E-state index is -0.482. The number of hydrogen-bond donors (Lipinski definition) is 0. The molecule has 2 aromatic heterocycles. The molecule has 21 heavy (non-hydrogen) atoms. The predicted molar refractivity (Wildman–Crippen MR) is 75.7 cm³/mol. The molecule has 0 aliphatic carbocycles. The number of aromatic nitrogens is 4. The number of fused-ring (bicyclic) bond motifs is 1. The summed E-state index contributed by atoms with van der Waals surface area (Å²) in [7, 11) is 0. The molecule has 2 heterocycles. The van der Waals surface area contributed by atoms with Crippen LogP contribution in [0.1, 0.15) is 0 Å². The first-order valence-electron chi connectivity index (χ1n) is 5.85. The highest BCUT2D eigenvalue weighted by Gasteiger charge is 2.12. The van der Waals surface area contributed by atoms with Crippen molar-refractivity contribution in [1.29, 1.82) is 0 Å². The Bertz CT molecular complexity index is 820. The maximum Gasteiger partial charge on any atom is 0.327 e. The quantitative estimate of drug-likeness (QED) is 0.415. The number of hydrogen-bond acceptors (Lipinski definition) is 7. The molecular weight excluding hydrogens is 294 g/mol. The van der Waals surface area contributed by atoms with E-state index in [4.69, 9.17) is 4.74 Å². The molecule has 0 amide bonds. The number of rotatable bonds is 4. The van der Waals surface area contributed by atoms with Gasteiger partial charge in [0.05, 0.1) is 17.2 Å². The molecule has 0 saturated heterocycles. The first kappa shape index (κ1) is 13.3. The molecule has 0 bridgehead atoms. The van der Waals surface area contributed by atoms with Crippen molar-refractivity contribution < 1.29 is 9.66 Å². The van der Waals surface area contributed by atoms with E-state index in [0.717, 1.165) is 0 Å². The Hall–Kier alpha value is -2.68. The predicted octanol–water partition coefficient (Wildman–Crippen LogP) is 2.55. The molecule has 0 fully saturated rings. The third-order valence-electron chi connectivity index (χ3n) is 2.63. The van der Waals surface area contributed by atoms with Crippen LogP contribution in [0.3, 0.4) is 0 Å². The van der Waals surface area contributed by atoms with Gasteiger partial charge in [-0.05, 0) is 12.3 Å². The van der Waals surface area contributed by atoms with Crippen molar-refractivity contribution in [2.24, 2.45) is 0 Å². The summed E-state index contributed by atoms with van der Waals surface area (Å²) in [5.74, 6) is 0.312. The Kier molecular flexibility index (Phi) is 3.40. The van der Waals surface area contributed by atoms with Crippen molar-refractivity contribution in [2.75, 3.05) is 6.26 Å². The Morgan fingerprint density at radius 2 is 2.19 bits per heavy atom. The standard InChI is InChI=1S/C12H9N5O3S/c1-21-11-14-10-5-6-13-16(10)12(15-11)20-9-4-2-3-8(7-9)17(18)19/h2-7H,1H3. The molecule has 0 aliphatic rings. The van der Waals surface area contributed by atoms with Gasteiger partial charge < -0.3 is 4.74 Å². The lowest BCUT2D eigenvalue weighted by molar-refractivity contribution is -0.384. The van der Waals surface area contributed by atoms with Gasteiger partial charge in [0.2, 0.25) is 0 Å². The summed E-state index contributed by atoms with van der Waals surface area (Å²) in [5, 5.41) is 15.4. The second-order valence-corrected chi connectivity index (χ2v) is 4.72. The van der Waals surface area contributed by atoms with E-state index < -0.39 is 4.92 Å². The van der Waals surface area contributed by atoms with Crippen LogP contribution in [0, 0.1) is 10.1 Å². The van der Waals surface area contributed by atoms with Crippen LogP contribution in [0.25, 0.3) is 5.65 Å². The summed E-state index contributed by atoms with van der Waals surface area (Å²) in [6.45, 7) is 0. The number of nitro groups is 1. The zero-order chi connectivity index (χ0) is 14.8. The van der Waals surface area contributed by atoms with Gasteiger partial charge in [-0.25, -0.2) is 4.98 Å². The zero-order valence-corrected chi connectivity index (χ0v) is 11.6. The Morgan fingerprint density at radius 1 is 1.33 bits per heavy atom. The molecule has 0 saturated carbocycles. The summed E-state index contributed by atoms with van der Waals surface area (Å²) in [5.41, 5.74) is 0.540. The first-order valence-corrected chi connectivity index (χ1v) is 7.08. The van der Waals surface area contributed by atoms with Crippen molar-refractivity contribution in [2.45, 2.75) is 5.16 Å². The number of nitrogens with zero attached hydrogens (tertiary/aromatic N) is 5. The third kappa shape index (κ3) is 2.63. The Balaban J connectivity index is 2.03. The highest BCUT2D eigenvalue weighted by Crippen LogP contribution is 2.25. The van der Waals surface area contributed by atoms with E-state index in [-0.39, 0.29) is 11.7 Å². The molecule has 3 aromatic rings. The van der Waals surface area contributed by atoms with Gasteiger partial charge in [-0.1, -0.05) is 17.8 Å². The lowest BCUT2D eigenvalue weighted by atomic mass is 10.3. The lowest BCUT2D eigenvalue weighted by Crippen LogP contribution is -2.02. The molecule has 0 N–H and O–H groups in total. The van der Waals surface area contributed by atoms with Crippen molar-refractivity contribution in [1.82, 2.24) is 19.6 Å². The van der Waals surface area contributed by atoms with Crippen molar-refractivity contribution in [3.05, 3.63) is 46.6 Å². The molecule has 106 valence electrons. The molecule has 9 heteroatoms. The number of nitro benzene ring substituents is 1. The molecular formula is C12H9N5O3S. The SMILES string of the molecule is CSc1nc(Oc2cccc([N+](=O)[O-])c2)n2nccc2n1. The highest BCUT2D eigenvalue weighted by atomic mass is 32.2. The van der Waals surface area contributed by atoms with Crippen molar-refractivity contribution in [3.8, 4) is 11.8 Å². The molecule has 8 nitrogen and oxygen atoms in total. The summed E-state index contributed by atoms with van der Waals surface area (Å²) in [6, 6.07) is 7.81. The topological polar surface area (TPSA) is 95.5 Å². The number of non-ortho nitro benzene ring substituents is 1. The van der Waals surface area contributed by atoms with Gasteiger partial charge in [-0.3, -0.25) is 10.1 Å². The average molecular weight is 303 g/mol. The van der Waals surface area contributed by atoms with Crippen molar-refractivity contribution >= 4 is 23.1 Å². The maximum absolute atomic E-state index is 10.8. The molecule has 1 aromatic carbocycles. The Morgan fingerprint density at radius 3 is 2.95 bits per heavy atom.